The lowest BCUT2D eigenvalue weighted by atomic mass is 10.1. The minimum Gasteiger partial charge on any atom is -0.369 e. The Labute approximate surface area is 108 Å². The van der Waals surface area contributed by atoms with Crippen LogP contribution in [0.4, 0.5) is 5.95 Å². The van der Waals surface area contributed by atoms with Crippen molar-refractivity contribution >= 4 is 17.3 Å². The van der Waals surface area contributed by atoms with E-state index in [9.17, 15) is 4.79 Å². The lowest BCUT2D eigenvalue weighted by Crippen LogP contribution is -2.35. The maximum absolute atomic E-state index is 11.8. The van der Waals surface area contributed by atoms with E-state index in [1.807, 2.05) is 10.9 Å². The molecule has 3 N–H and O–H groups in total. The van der Waals surface area contributed by atoms with Gasteiger partial charge in [-0.15, -0.1) is 11.3 Å². The molecule has 18 heavy (non-hydrogen) atoms. The van der Waals surface area contributed by atoms with Crippen molar-refractivity contribution in [1.82, 2.24) is 19.9 Å². The van der Waals surface area contributed by atoms with Crippen LogP contribution in [0.2, 0.25) is 0 Å². The number of nitrogen functional groups attached to an aromatic ring is 1. The summed E-state index contributed by atoms with van der Waals surface area (Å²) >= 11 is 1.58. The molecule has 3 rings (SSSR count). The summed E-state index contributed by atoms with van der Waals surface area (Å²) in [6, 6.07) is 0. The average Bonchev–Trinajstić information content (AvgIpc) is 2.83. The fourth-order valence-corrected chi connectivity index (χ4v) is 2.73. The van der Waals surface area contributed by atoms with E-state index in [1.165, 1.54) is 0 Å². The highest BCUT2D eigenvalue weighted by atomic mass is 32.1. The molecular formula is C11H13N5OS. The number of rotatable bonds is 2. The van der Waals surface area contributed by atoms with Crippen LogP contribution in [0.15, 0.2) is 15.7 Å². The number of aromatic nitrogens is 3. The number of hydrogen-bond acceptors (Lipinski definition) is 6. The summed E-state index contributed by atoms with van der Waals surface area (Å²) < 4.78 is 0. The number of hydrogen-bond donors (Lipinski definition) is 2. The smallest absolute Gasteiger partial charge is 0.257 e. The minimum absolute atomic E-state index is 0.125. The normalized spacial score (nSPS) is 15.6. The van der Waals surface area contributed by atoms with Gasteiger partial charge in [0, 0.05) is 31.4 Å². The van der Waals surface area contributed by atoms with Crippen LogP contribution >= 0.6 is 11.3 Å². The molecule has 0 unspecified atom stereocenters. The summed E-state index contributed by atoms with van der Waals surface area (Å²) in [5.41, 5.74) is 9.83. The molecule has 0 saturated carbocycles. The summed E-state index contributed by atoms with van der Waals surface area (Å²) in [5, 5.41) is 2.03. The van der Waals surface area contributed by atoms with Crippen molar-refractivity contribution in [2.24, 2.45) is 0 Å². The number of aromatic amines is 1. The van der Waals surface area contributed by atoms with E-state index in [-0.39, 0.29) is 11.5 Å². The summed E-state index contributed by atoms with van der Waals surface area (Å²) in [6.07, 6.45) is 0.758. The second-order valence-corrected chi connectivity index (χ2v) is 5.04. The van der Waals surface area contributed by atoms with E-state index >= 15 is 0 Å². The van der Waals surface area contributed by atoms with Gasteiger partial charge in [-0.2, -0.15) is 0 Å². The summed E-state index contributed by atoms with van der Waals surface area (Å²) in [4.78, 5) is 25.0. The Hall–Kier alpha value is -1.73. The van der Waals surface area contributed by atoms with Crippen molar-refractivity contribution in [1.29, 1.82) is 0 Å². The van der Waals surface area contributed by atoms with Gasteiger partial charge < -0.3 is 5.73 Å². The van der Waals surface area contributed by atoms with E-state index in [0.29, 0.717) is 6.54 Å². The Morgan fingerprint density at radius 1 is 1.56 bits per heavy atom. The lowest BCUT2D eigenvalue weighted by molar-refractivity contribution is 0.239. The number of thiazole rings is 1. The Kier molecular flexibility index (Phi) is 2.85. The van der Waals surface area contributed by atoms with Crippen molar-refractivity contribution < 1.29 is 0 Å². The van der Waals surface area contributed by atoms with Crippen molar-refractivity contribution in [2.45, 2.75) is 19.5 Å². The van der Waals surface area contributed by atoms with Gasteiger partial charge in [-0.25, -0.2) is 9.97 Å². The first-order chi connectivity index (χ1) is 8.72. The molecule has 0 spiro atoms. The highest BCUT2D eigenvalue weighted by Crippen LogP contribution is 2.16. The van der Waals surface area contributed by atoms with Crippen molar-refractivity contribution in [3.8, 4) is 0 Å². The highest BCUT2D eigenvalue weighted by Gasteiger charge is 2.21. The number of H-pyrrole nitrogens is 1. The third-order valence-corrected chi connectivity index (χ3v) is 3.67. The molecule has 0 fully saturated rings. The van der Waals surface area contributed by atoms with E-state index < -0.39 is 0 Å². The summed E-state index contributed by atoms with van der Waals surface area (Å²) in [6.45, 7) is 2.25. The van der Waals surface area contributed by atoms with Gasteiger partial charge in [0.25, 0.3) is 5.56 Å². The van der Waals surface area contributed by atoms with Crippen LogP contribution < -0.4 is 11.3 Å². The molecule has 2 aromatic rings. The van der Waals surface area contributed by atoms with Crippen molar-refractivity contribution in [2.75, 3.05) is 12.3 Å². The summed E-state index contributed by atoms with van der Waals surface area (Å²) in [5.74, 6) is 0.201. The Morgan fingerprint density at radius 2 is 2.44 bits per heavy atom. The van der Waals surface area contributed by atoms with Gasteiger partial charge in [-0.05, 0) is 0 Å². The van der Waals surface area contributed by atoms with Gasteiger partial charge in [0.1, 0.15) is 0 Å². The van der Waals surface area contributed by atoms with E-state index in [0.717, 1.165) is 36.5 Å². The van der Waals surface area contributed by atoms with Crippen LogP contribution in [0.1, 0.15) is 17.0 Å². The third-order valence-electron chi connectivity index (χ3n) is 3.04. The van der Waals surface area contributed by atoms with E-state index in [4.69, 9.17) is 5.73 Å². The molecule has 0 atom stereocenters. The zero-order chi connectivity index (χ0) is 12.5. The molecule has 0 radical (unpaired) electrons. The quantitative estimate of drug-likeness (QED) is 0.817. The predicted octanol–water partition coefficient (Wildman–Crippen LogP) is 0.367. The van der Waals surface area contributed by atoms with E-state index in [1.54, 1.807) is 11.3 Å². The zero-order valence-electron chi connectivity index (χ0n) is 9.72. The SMILES string of the molecule is Nc1nc2c(c(=O)[nH]1)CN(Cc1cscn1)CC2. The van der Waals surface area contributed by atoms with Gasteiger partial charge in [-0.1, -0.05) is 0 Å². The van der Waals surface area contributed by atoms with Crippen LogP contribution in [0.5, 0.6) is 0 Å². The fraction of sp³-hybridized carbons (Fsp3) is 0.364. The zero-order valence-corrected chi connectivity index (χ0v) is 10.5. The number of nitrogens with zero attached hydrogens (tertiary/aromatic N) is 3. The van der Waals surface area contributed by atoms with Crippen LogP contribution in [0.3, 0.4) is 0 Å². The average molecular weight is 263 g/mol. The number of nitrogens with one attached hydrogen (secondary N) is 1. The molecule has 2 aromatic heterocycles. The second-order valence-electron chi connectivity index (χ2n) is 4.32. The number of anilines is 1. The molecule has 0 saturated heterocycles. The maximum atomic E-state index is 11.8. The molecule has 3 heterocycles. The molecule has 0 aromatic carbocycles. The standard InChI is InChI=1S/C11H13N5OS/c12-11-14-9-1-2-16(3-7-5-18-6-13-7)4-8(9)10(17)15-11/h5-6H,1-4H2,(H3,12,14,15,17). The molecule has 6 nitrogen and oxygen atoms in total. The van der Waals surface area contributed by atoms with Gasteiger partial charge in [0.05, 0.1) is 22.5 Å². The van der Waals surface area contributed by atoms with Gasteiger partial charge in [0.2, 0.25) is 5.95 Å². The molecule has 7 heteroatoms. The molecule has 0 amide bonds. The number of fused-ring (bicyclic) bond motifs is 1. The van der Waals surface area contributed by atoms with Crippen LogP contribution in [-0.2, 0) is 19.5 Å². The molecule has 1 aliphatic heterocycles. The Morgan fingerprint density at radius 3 is 3.22 bits per heavy atom. The molecule has 0 bridgehead atoms. The predicted molar refractivity (Wildman–Crippen MR) is 69.2 cm³/mol. The maximum Gasteiger partial charge on any atom is 0.257 e. The van der Waals surface area contributed by atoms with Crippen LogP contribution in [0.25, 0.3) is 0 Å². The first-order valence-corrected chi connectivity index (χ1v) is 6.63. The topological polar surface area (TPSA) is 87.9 Å². The lowest BCUT2D eigenvalue weighted by Gasteiger charge is -2.26. The Balaban J connectivity index is 1.83. The van der Waals surface area contributed by atoms with Crippen LogP contribution in [0, 0.1) is 0 Å². The molecule has 0 aliphatic carbocycles. The Bertz CT molecular complexity index is 606. The van der Waals surface area contributed by atoms with Gasteiger partial charge in [0.15, 0.2) is 0 Å². The van der Waals surface area contributed by atoms with Crippen molar-refractivity contribution in [3.05, 3.63) is 38.2 Å². The molecule has 94 valence electrons. The monoisotopic (exact) mass is 263 g/mol. The van der Waals surface area contributed by atoms with E-state index in [2.05, 4.69) is 19.9 Å². The third kappa shape index (κ3) is 2.14. The summed E-state index contributed by atoms with van der Waals surface area (Å²) in [7, 11) is 0. The van der Waals surface area contributed by atoms with Gasteiger partial charge >= 0.3 is 0 Å². The number of nitrogens with two attached hydrogens (primary N) is 1. The molecule has 1 aliphatic rings. The van der Waals surface area contributed by atoms with Crippen molar-refractivity contribution in [3.63, 3.8) is 0 Å². The highest BCUT2D eigenvalue weighted by molar-refractivity contribution is 7.07. The van der Waals surface area contributed by atoms with Gasteiger partial charge in [-0.3, -0.25) is 14.7 Å². The second kappa shape index (κ2) is 4.51. The molecular weight excluding hydrogens is 250 g/mol. The largest absolute Gasteiger partial charge is 0.369 e. The fourth-order valence-electron chi connectivity index (χ4n) is 2.18. The first kappa shape index (κ1) is 11.4. The van der Waals surface area contributed by atoms with Crippen LogP contribution in [-0.4, -0.2) is 26.4 Å². The minimum atomic E-state index is -0.125. The first-order valence-electron chi connectivity index (χ1n) is 5.69.